The molecule has 4 rings (SSSR count). The van der Waals surface area contributed by atoms with Gasteiger partial charge in [-0.15, -0.1) is 0 Å². The number of hydrogen-bond acceptors (Lipinski definition) is 4. The number of ether oxygens (including phenoxy) is 1. The first-order chi connectivity index (χ1) is 12.8. The molecule has 2 aromatic carbocycles. The van der Waals surface area contributed by atoms with Crippen molar-refractivity contribution in [1.29, 1.82) is 0 Å². The van der Waals surface area contributed by atoms with Crippen molar-refractivity contribution in [3.8, 4) is 0 Å². The Hall–Kier alpha value is -2.24. The van der Waals surface area contributed by atoms with Crippen LogP contribution in [0.15, 0.2) is 71.3 Å². The summed E-state index contributed by atoms with van der Waals surface area (Å²) in [6.07, 6.45) is 2.66. The maximum Gasteiger partial charge on any atom is 0.135 e. The SMILES string of the molecule is Brc1ccc(C2CN(c3ccnc(Cc4ccccc4)n3)CCO2)cc1. The quantitative estimate of drug-likeness (QED) is 0.639. The van der Waals surface area contributed by atoms with E-state index in [1.165, 1.54) is 11.1 Å². The Morgan fingerprint density at radius 1 is 1.04 bits per heavy atom. The molecule has 2 heterocycles. The molecule has 3 aromatic rings. The van der Waals surface area contributed by atoms with Gasteiger partial charge in [0.25, 0.3) is 0 Å². The summed E-state index contributed by atoms with van der Waals surface area (Å²) in [4.78, 5) is 11.5. The average Bonchev–Trinajstić information content (AvgIpc) is 2.70. The van der Waals surface area contributed by atoms with E-state index in [4.69, 9.17) is 9.72 Å². The first kappa shape index (κ1) is 17.2. The molecule has 5 heteroatoms. The lowest BCUT2D eigenvalue weighted by Crippen LogP contribution is -2.39. The minimum absolute atomic E-state index is 0.0596. The van der Waals surface area contributed by atoms with Crippen molar-refractivity contribution in [2.24, 2.45) is 0 Å². The third-order valence-corrected chi connectivity index (χ3v) is 5.06. The van der Waals surface area contributed by atoms with Gasteiger partial charge in [-0.2, -0.15) is 0 Å². The average molecular weight is 410 g/mol. The predicted molar refractivity (Wildman–Crippen MR) is 106 cm³/mol. The molecule has 1 unspecified atom stereocenters. The fourth-order valence-corrected chi connectivity index (χ4v) is 3.43. The second kappa shape index (κ2) is 7.98. The summed E-state index contributed by atoms with van der Waals surface area (Å²) in [6.45, 7) is 2.33. The predicted octanol–water partition coefficient (Wildman–Crippen LogP) is 4.41. The number of halogens is 1. The van der Waals surface area contributed by atoms with Crippen LogP contribution in [0.3, 0.4) is 0 Å². The van der Waals surface area contributed by atoms with Crippen molar-refractivity contribution in [2.75, 3.05) is 24.6 Å². The number of hydrogen-bond donors (Lipinski definition) is 0. The van der Waals surface area contributed by atoms with Crippen LogP contribution >= 0.6 is 15.9 Å². The number of nitrogens with zero attached hydrogens (tertiary/aromatic N) is 3. The highest BCUT2D eigenvalue weighted by Crippen LogP contribution is 2.26. The van der Waals surface area contributed by atoms with Crippen LogP contribution in [0.1, 0.15) is 23.1 Å². The Kier molecular flexibility index (Phi) is 5.27. The first-order valence-corrected chi connectivity index (χ1v) is 9.55. The molecule has 1 aliphatic rings. The molecule has 26 heavy (non-hydrogen) atoms. The summed E-state index contributed by atoms with van der Waals surface area (Å²) in [7, 11) is 0. The summed E-state index contributed by atoms with van der Waals surface area (Å²) in [5.41, 5.74) is 2.41. The largest absolute Gasteiger partial charge is 0.370 e. The molecular formula is C21H20BrN3O. The van der Waals surface area contributed by atoms with Crippen molar-refractivity contribution in [3.63, 3.8) is 0 Å². The summed E-state index contributed by atoms with van der Waals surface area (Å²) in [5.74, 6) is 1.82. The standard InChI is InChI=1S/C21H20BrN3O/c22-18-8-6-17(7-9-18)19-15-25(12-13-26-19)21-10-11-23-20(24-21)14-16-4-2-1-3-5-16/h1-11,19H,12-15H2. The van der Waals surface area contributed by atoms with Crippen molar-refractivity contribution in [3.05, 3.63) is 88.3 Å². The van der Waals surface area contributed by atoms with E-state index in [2.05, 4.69) is 62.2 Å². The molecule has 0 amide bonds. The monoisotopic (exact) mass is 409 g/mol. The fraction of sp³-hybridized carbons (Fsp3) is 0.238. The molecule has 132 valence electrons. The van der Waals surface area contributed by atoms with Crippen LogP contribution in [-0.2, 0) is 11.2 Å². The topological polar surface area (TPSA) is 38.2 Å². The third-order valence-electron chi connectivity index (χ3n) is 4.53. The van der Waals surface area contributed by atoms with Crippen molar-refractivity contribution < 1.29 is 4.74 Å². The Labute approximate surface area is 162 Å². The Balaban J connectivity index is 1.50. The Bertz CT molecular complexity index is 855. The first-order valence-electron chi connectivity index (χ1n) is 8.76. The normalized spacial score (nSPS) is 17.3. The number of aromatic nitrogens is 2. The van der Waals surface area contributed by atoms with Crippen LogP contribution in [0, 0.1) is 0 Å². The van der Waals surface area contributed by atoms with Crippen molar-refractivity contribution >= 4 is 21.7 Å². The lowest BCUT2D eigenvalue weighted by molar-refractivity contribution is 0.0395. The lowest BCUT2D eigenvalue weighted by Gasteiger charge is -2.34. The summed E-state index contributed by atoms with van der Waals surface area (Å²) >= 11 is 3.48. The summed E-state index contributed by atoms with van der Waals surface area (Å²) in [5, 5.41) is 0. The van der Waals surface area contributed by atoms with E-state index in [-0.39, 0.29) is 6.10 Å². The third kappa shape index (κ3) is 4.11. The second-order valence-electron chi connectivity index (χ2n) is 6.35. The van der Waals surface area contributed by atoms with E-state index in [0.717, 1.165) is 35.6 Å². The van der Waals surface area contributed by atoms with E-state index < -0.39 is 0 Å². The van der Waals surface area contributed by atoms with Gasteiger partial charge in [-0.3, -0.25) is 0 Å². The van der Waals surface area contributed by atoms with E-state index in [1.807, 2.05) is 30.5 Å². The van der Waals surface area contributed by atoms with Crippen LogP contribution in [0.5, 0.6) is 0 Å². The van der Waals surface area contributed by atoms with Gasteiger partial charge in [-0.25, -0.2) is 9.97 Å². The number of rotatable bonds is 4. The highest BCUT2D eigenvalue weighted by atomic mass is 79.9. The van der Waals surface area contributed by atoms with E-state index in [0.29, 0.717) is 6.61 Å². The summed E-state index contributed by atoms with van der Waals surface area (Å²) < 4.78 is 7.06. The Morgan fingerprint density at radius 3 is 2.65 bits per heavy atom. The van der Waals surface area contributed by atoms with Crippen LogP contribution < -0.4 is 4.90 Å². The van der Waals surface area contributed by atoms with Crippen LogP contribution in [0.25, 0.3) is 0 Å². The lowest BCUT2D eigenvalue weighted by atomic mass is 10.1. The zero-order valence-electron chi connectivity index (χ0n) is 14.4. The van der Waals surface area contributed by atoms with Crippen LogP contribution in [-0.4, -0.2) is 29.7 Å². The molecular weight excluding hydrogens is 390 g/mol. The number of anilines is 1. The van der Waals surface area contributed by atoms with Gasteiger partial charge in [0, 0.05) is 30.2 Å². The zero-order chi connectivity index (χ0) is 17.8. The molecule has 0 radical (unpaired) electrons. The second-order valence-corrected chi connectivity index (χ2v) is 7.27. The van der Waals surface area contributed by atoms with Gasteiger partial charge < -0.3 is 9.64 Å². The highest BCUT2D eigenvalue weighted by Gasteiger charge is 2.23. The summed E-state index contributed by atoms with van der Waals surface area (Å²) in [6, 6.07) is 20.6. The molecule has 0 spiro atoms. The zero-order valence-corrected chi connectivity index (χ0v) is 16.0. The molecule has 1 atom stereocenters. The highest BCUT2D eigenvalue weighted by molar-refractivity contribution is 9.10. The number of benzene rings is 2. The smallest absolute Gasteiger partial charge is 0.135 e. The molecule has 0 N–H and O–H groups in total. The van der Waals surface area contributed by atoms with Crippen LogP contribution in [0.4, 0.5) is 5.82 Å². The Morgan fingerprint density at radius 2 is 1.85 bits per heavy atom. The maximum atomic E-state index is 5.98. The number of morpholine rings is 1. The fourth-order valence-electron chi connectivity index (χ4n) is 3.16. The van der Waals surface area contributed by atoms with Gasteiger partial charge in [0.2, 0.25) is 0 Å². The molecule has 0 bridgehead atoms. The molecule has 0 saturated carbocycles. The molecule has 1 aromatic heterocycles. The van der Waals surface area contributed by atoms with Crippen molar-refractivity contribution in [1.82, 2.24) is 9.97 Å². The molecule has 1 saturated heterocycles. The van der Waals surface area contributed by atoms with Gasteiger partial charge in [-0.05, 0) is 29.3 Å². The van der Waals surface area contributed by atoms with E-state index >= 15 is 0 Å². The van der Waals surface area contributed by atoms with Gasteiger partial charge in [0.1, 0.15) is 17.7 Å². The molecule has 1 fully saturated rings. The van der Waals surface area contributed by atoms with E-state index in [9.17, 15) is 0 Å². The minimum atomic E-state index is 0.0596. The minimum Gasteiger partial charge on any atom is -0.370 e. The van der Waals surface area contributed by atoms with Gasteiger partial charge in [0.05, 0.1) is 6.61 Å². The maximum absolute atomic E-state index is 5.98. The molecule has 4 nitrogen and oxygen atoms in total. The van der Waals surface area contributed by atoms with Crippen molar-refractivity contribution in [2.45, 2.75) is 12.5 Å². The van der Waals surface area contributed by atoms with Gasteiger partial charge in [0.15, 0.2) is 0 Å². The molecule has 1 aliphatic heterocycles. The van der Waals surface area contributed by atoms with Gasteiger partial charge >= 0.3 is 0 Å². The van der Waals surface area contributed by atoms with E-state index in [1.54, 1.807) is 0 Å². The molecule has 0 aliphatic carbocycles. The van der Waals surface area contributed by atoms with Crippen LogP contribution in [0.2, 0.25) is 0 Å². The van der Waals surface area contributed by atoms with Gasteiger partial charge in [-0.1, -0.05) is 58.4 Å².